The molecule has 1 aromatic carbocycles. The number of anilines is 1. The van der Waals surface area contributed by atoms with Gasteiger partial charge in [0.15, 0.2) is 0 Å². The van der Waals surface area contributed by atoms with Crippen molar-refractivity contribution in [1.82, 2.24) is 0 Å². The van der Waals surface area contributed by atoms with Gasteiger partial charge in [-0.25, -0.2) is 0 Å². The minimum atomic E-state index is -0.935. The number of rotatable bonds is 3. The van der Waals surface area contributed by atoms with Crippen molar-refractivity contribution in [3.05, 3.63) is 34.1 Å². The SMILES string of the molecule is O=C(Nc1ccc(F)c([N+](=O)[O-])c1)[C@H]1CCCO1. The molecule has 1 aliphatic heterocycles. The summed E-state index contributed by atoms with van der Waals surface area (Å²) in [7, 11) is 0. The van der Waals surface area contributed by atoms with Crippen LogP contribution in [0, 0.1) is 15.9 Å². The summed E-state index contributed by atoms with van der Waals surface area (Å²) < 4.78 is 18.2. The van der Waals surface area contributed by atoms with Crippen LogP contribution in [-0.4, -0.2) is 23.5 Å². The van der Waals surface area contributed by atoms with Gasteiger partial charge in [-0.2, -0.15) is 4.39 Å². The Morgan fingerprint density at radius 3 is 2.94 bits per heavy atom. The van der Waals surface area contributed by atoms with Crippen LogP contribution in [0.15, 0.2) is 18.2 Å². The molecular weight excluding hydrogens is 243 g/mol. The van der Waals surface area contributed by atoms with Crippen LogP contribution in [0.2, 0.25) is 0 Å². The van der Waals surface area contributed by atoms with E-state index in [1.807, 2.05) is 0 Å². The molecule has 96 valence electrons. The number of nitrogens with one attached hydrogen (secondary N) is 1. The fourth-order valence-corrected chi connectivity index (χ4v) is 1.74. The lowest BCUT2D eigenvalue weighted by atomic mass is 10.2. The topological polar surface area (TPSA) is 81.5 Å². The maximum absolute atomic E-state index is 13.1. The molecule has 0 radical (unpaired) electrons. The highest BCUT2D eigenvalue weighted by Crippen LogP contribution is 2.22. The number of carbonyl (C=O) groups is 1. The van der Waals surface area contributed by atoms with Crippen LogP contribution in [0.1, 0.15) is 12.8 Å². The van der Waals surface area contributed by atoms with Gasteiger partial charge in [-0.15, -0.1) is 0 Å². The fourth-order valence-electron chi connectivity index (χ4n) is 1.74. The molecule has 1 heterocycles. The second kappa shape index (κ2) is 5.09. The number of nitrogens with zero attached hydrogens (tertiary/aromatic N) is 1. The molecule has 1 saturated heterocycles. The van der Waals surface area contributed by atoms with Crippen molar-refractivity contribution in [3.8, 4) is 0 Å². The molecule has 0 bridgehead atoms. The molecule has 1 fully saturated rings. The summed E-state index contributed by atoms with van der Waals surface area (Å²) in [6, 6.07) is 3.21. The number of nitro groups is 1. The number of benzene rings is 1. The van der Waals surface area contributed by atoms with E-state index < -0.39 is 22.5 Å². The highest BCUT2D eigenvalue weighted by atomic mass is 19.1. The molecule has 1 aliphatic rings. The summed E-state index contributed by atoms with van der Waals surface area (Å²) >= 11 is 0. The van der Waals surface area contributed by atoms with Gasteiger partial charge in [0, 0.05) is 18.4 Å². The van der Waals surface area contributed by atoms with Crippen molar-refractivity contribution in [2.24, 2.45) is 0 Å². The van der Waals surface area contributed by atoms with Crippen molar-refractivity contribution in [1.29, 1.82) is 0 Å². The molecule has 0 aliphatic carbocycles. The Morgan fingerprint density at radius 1 is 1.56 bits per heavy atom. The first-order valence-corrected chi connectivity index (χ1v) is 5.44. The Morgan fingerprint density at radius 2 is 2.33 bits per heavy atom. The number of halogens is 1. The first kappa shape index (κ1) is 12.4. The molecule has 18 heavy (non-hydrogen) atoms. The van der Waals surface area contributed by atoms with Crippen molar-refractivity contribution in [2.45, 2.75) is 18.9 Å². The molecule has 6 nitrogen and oxygen atoms in total. The highest BCUT2D eigenvalue weighted by Gasteiger charge is 2.24. The Bertz CT molecular complexity index is 486. The van der Waals surface area contributed by atoms with Crippen molar-refractivity contribution in [2.75, 3.05) is 11.9 Å². The molecule has 7 heteroatoms. The van der Waals surface area contributed by atoms with Crippen LogP contribution in [0.4, 0.5) is 15.8 Å². The minimum absolute atomic E-state index is 0.184. The first-order chi connectivity index (χ1) is 8.58. The standard InChI is InChI=1S/C11H11FN2O4/c12-8-4-3-7(6-9(8)14(16)17)13-11(15)10-2-1-5-18-10/h3-4,6,10H,1-2,5H2,(H,13,15)/t10-/m1/s1. The van der Waals surface area contributed by atoms with Gasteiger partial charge >= 0.3 is 5.69 Å². The Hall–Kier alpha value is -2.02. The third-order valence-corrected chi connectivity index (χ3v) is 2.63. The van der Waals surface area contributed by atoms with Crippen LogP contribution >= 0.6 is 0 Å². The third kappa shape index (κ3) is 2.62. The number of amides is 1. The fraction of sp³-hybridized carbons (Fsp3) is 0.364. The van der Waals surface area contributed by atoms with E-state index in [0.29, 0.717) is 13.0 Å². The van der Waals surface area contributed by atoms with E-state index in [0.717, 1.165) is 18.6 Å². The van der Waals surface area contributed by atoms with Crippen LogP contribution in [0.5, 0.6) is 0 Å². The summed E-state index contributed by atoms with van der Waals surface area (Å²) in [5.74, 6) is -1.30. The van der Waals surface area contributed by atoms with E-state index >= 15 is 0 Å². The maximum atomic E-state index is 13.1. The molecule has 1 N–H and O–H groups in total. The molecule has 0 spiro atoms. The monoisotopic (exact) mass is 254 g/mol. The summed E-state index contributed by atoms with van der Waals surface area (Å²) in [4.78, 5) is 21.4. The molecular formula is C11H11FN2O4. The summed E-state index contributed by atoms with van der Waals surface area (Å²) in [6.07, 6.45) is 0.894. The molecule has 2 rings (SSSR count). The smallest absolute Gasteiger partial charge is 0.306 e. The van der Waals surface area contributed by atoms with Crippen molar-refractivity contribution < 1.29 is 18.8 Å². The van der Waals surface area contributed by atoms with E-state index in [9.17, 15) is 19.3 Å². The van der Waals surface area contributed by atoms with E-state index in [1.165, 1.54) is 6.07 Å². The zero-order valence-electron chi connectivity index (χ0n) is 9.39. The highest BCUT2D eigenvalue weighted by molar-refractivity contribution is 5.94. The van der Waals surface area contributed by atoms with Crippen molar-refractivity contribution >= 4 is 17.3 Å². The Labute approximate surface area is 102 Å². The van der Waals surface area contributed by atoms with Crippen LogP contribution in [-0.2, 0) is 9.53 Å². The second-order valence-electron chi connectivity index (χ2n) is 3.91. The lowest BCUT2D eigenvalue weighted by molar-refractivity contribution is -0.387. The predicted octanol–water partition coefficient (Wildman–Crippen LogP) is 1.85. The lowest BCUT2D eigenvalue weighted by Crippen LogP contribution is -2.26. The second-order valence-corrected chi connectivity index (χ2v) is 3.91. The van der Waals surface area contributed by atoms with Gasteiger partial charge in [0.05, 0.1) is 4.92 Å². The van der Waals surface area contributed by atoms with Crippen molar-refractivity contribution in [3.63, 3.8) is 0 Å². The Balaban J connectivity index is 2.11. The maximum Gasteiger partial charge on any atom is 0.306 e. The molecule has 1 atom stereocenters. The summed E-state index contributed by atoms with van der Waals surface area (Å²) in [5.41, 5.74) is -0.483. The molecule has 0 unspecified atom stereocenters. The van der Waals surface area contributed by atoms with Gasteiger partial charge in [-0.05, 0) is 25.0 Å². The van der Waals surface area contributed by atoms with E-state index in [1.54, 1.807) is 0 Å². The van der Waals surface area contributed by atoms with E-state index in [4.69, 9.17) is 4.74 Å². The van der Waals surface area contributed by atoms with Gasteiger partial charge < -0.3 is 10.1 Å². The molecule has 1 aromatic rings. The van der Waals surface area contributed by atoms with Gasteiger partial charge in [-0.3, -0.25) is 14.9 Å². The number of ether oxygens (including phenoxy) is 1. The van der Waals surface area contributed by atoms with Crippen LogP contribution < -0.4 is 5.32 Å². The van der Waals surface area contributed by atoms with Crippen LogP contribution in [0.3, 0.4) is 0 Å². The number of nitro benzene ring substituents is 1. The summed E-state index contributed by atoms with van der Waals surface area (Å²) in [5, 5.41) is 13.0. The summed E-state index contributed by atoms with van der Waals surface area (Å²) in [6.45, 7) is 0.529. The van der Waals surface area contributed by atoms with E-state index in [-0.39, 0.29) is 11.6 Å². The minimum Gasteiger partial charge on any atom is -0.368 e. The lowest BCUT2D eigenvalue weighted by Gasteiger charge is -2.10. The van der Waals surface area contributed by atoms with Gasteiger partial charge in [0.1, 0.15) is 6.10 Å². The molecule has 1 amide bonds. The molecule has 0 aromatic heterocycles. The third-order valence-electron chi connectivity index (χ3n) is 2.63. The zero-order valence-corrected chi connectivity index (χ0v) is 9.39. The largest absolute Gasteiger partial charge is 0.368 e. The van der Waals surface area contributed by atoms with Crippen LogP contribution in [0.25, 0.3) is 0 Å². The zero-order chi connectivity index (χ0) is 13.1. The van der Waals surface area contributed by atoms with Gasteiger partial charge in [0.2, 0.25) is 5.82 Å². The van der Waals surface area contributed by atoms with Gasteiger partial charge in [-0.1, -0.05) is 0 Å². The normalized spacial score (nSPS) is 18.6. The number of hydrogen-bond acceptors (Lipinski definition) is 4. The number of carbonyl (C=O) groups excluding carboxylic acids is 1. The van der Waals surface area contributed by atoms with Gasteiger partial charge in [0.25, 0.3) is 5.91 Å². The van der Waals surface area contributed by atoms with E-state index in [2.05, 4.69) is 5.32 Å². The quantitative estimate of drug-likeness (QED) is 0.659. The predicted molar refractivity (Wildman–Crippen MR) is 60.7 cm³/mol. The number of hydrogen-bond donors (Lipinski definition) is 1. The first-order valence-electron chi connectivity index (χ1n) is 5.44. The Kier molecular flexibility index (Phi) is 3.52. The average molecular weight is 254 g/mol. The average Bonchev–Trinajstić information content (AvgIpc) is 2.85. The molecule has 0 saturated carbocycles.